The van der Waals surface area contributed by atoms with Crippen molar-refractivity contribution in [3.8, 4) is 0 Å². The van der Waals surface area contributed by atoms with Crippen LogP contribution in [0.15, 0.2) is 15.8 Å². The topological polar surface area (TPSA) is 99.6 Å². The molecule has 0 aromatic carbocycles. The first-order chi connectivity index (χ1) is 11.5. The Morgan fingerprint density at radius 1 is 1.33 bits per heavy atom. The highest BCUT2D eigenvalue weighted by Gasteiger charge is 2.30. The summed E-state index contributed by atoms with van der Waals surface area (Å²) in [6, 6.07) is 0. The van der Waals surface area contributed by atoms with Gasteiger partial charge in [0.05, 0.1) is 12.5 Å². The maximum atomic E-state index is 12.0. The highest BCUT2D eigenvalue weighted by atomic mass is 16.7. The van der Waals surface area contributed by atoms with Crippen LogP contribution in [0.1, 0.15) is 43.9 Å². The van der Waals surface area contributed by atoms with E-state index in [1.165, 1.54) is 17.2 Å². The van der Waals surface area contributed by atoms with Crippen LogP contribution in [-0.2, 0) is 19.0 Å². The lowest BCUT2D eigenvalue weighted by Gasteiger charge is -2.20. The molecular formula is C16H22N2O6. The summed E-state index contributed by atoms with van der Waals surface area (Å²) in [4.78, 5) is 37.5. The van der Waals surface area contributed by atoms with E-state index in [2.05, 4.69) is 4.98 Å². The molecular weight excluding hydrogens is 316 g/mol. The standard InChI is InChI=1S/C16H22N2O6/c1-10-7-18(16(21)17-14(10)19)12-8-22-13(24-12)9-23-15(20)11-5-3-2-4-6-11/h7,11-13H,2-6,8-9H2,1H3,(H,17,19,21). The summed E-state index contributed by atoms with van der Waals surface area (Å²) < 4.78 is 17.6. The normalized spacial score (nSPS) is 24.9. The van der Waals surface area contributed by atoms with Crippen molar-refractivity contribution in [1.82, 2.24) is 9.55 Å². The minimum Gasteiger partial charge on any atom is -0.460 e. The SMILES string of the molecule is Cc1cn(C2COC(COC(=O)C3CCCCC3)O2)c(=O)[nH]c1=O. The molecule has 24 heavy (non-hydrogen) atoms. The zero-order chi connectivity index (χ0) is 17.1. The summed E-state index contributed by atoms with van der Waals surface area (Å²) in [7, 11) is 0. The van der Waals surface area contributed by atoms with Gasteiger partial charge in [-0.05, 0) is 19.8 Å². The van der Waals surface area contributed by atoms with Crippen molar-refractivity contribution in [2.45, 2.75) is 51.5 Å². The first-order valence-electron chi connectivity index (χ1n) is 8.30. The minimum atomic E-state index is -0.707. The van der Waals surface area contributed by atoms with E-state index >= 15 is 0 Å². The molecule has 2 fully saturated rings. The molecule has 2 atom stereocenters. The third-order valence-corrected chi connectivity index (χ3v) is 4.49. The van der Waals surface area contributed by atoms with E-state index in [1.54, 1.807) is 6.92 Å². The number of H-pyrrole nitrogens is 1. The van der Waals surface area contributed by atoms with Crippen LogP contribution in [0.25, 0.3) is 0 Å². The first-order valence-corrected chi connectivity index (χ1v) is 8.30. The molecule has 0 spiro atoms. The van der Waals surface area contributed by atoms with Crippen LogP contribution < -0.4 is 11.2 Å². The number of aromatic nitrogens is 2. The van der Waals surface area contributed by atoms with E-state index in [1.807, 2.05) is 0 Å². The molecule has 132 valence electrons. The van der Waals surface area contributed by atoms with Crippen LogP contribution in [0, 0.1) is 12.8 Å². The average Bonchev–Trinajstić information content (AvgIpc) is 3.05. The van der Waals surface area contributed by atoms with Crippen molar-refractivity contribution in [2.75, 3.05) is 13.2 Å². The Bertz CT molecular complexity index is 703. The van der Waals surface area contributed by atoms with Gasteiger partial charge in [-0.3, -0.25) is 19.1 Å². The maximum absolute atomic E-state index is 12.0. The number of hydrogen-bond acceptors (Lipinski definition) is 6. The van der Waals surface area contributed by atoms with Crippen molar-refractivity contribution in [2.24, 2.45) is 5.92 Å². The number of esters is 1. The predicted molar refractivity (Wildman–Crippen MR) is 83.5 cm³/mol. The number of aromatic amines is 1. The van der Waals surface area contributed by atoms with Gasteiger partial charge >= 0.3 is 11.7 Å². The Hall–Kier alpha value is -1.93. The fourth-order valence-electron chi connectivity index (χ4n) is 3.08. The molecule has 1 N–H and O–H groups in total. The van der Waals surface area contributed by atoms with Gasteiger partial charge in [-0.25, -0.2) is 4.79 Å². The first kappa shape index (κ1) is 16.9. The lowest BCUT2D eigenvalue weighted by atomic mass is 9.89. The highest BCUT2D eigenvalue weighted by Crippen LogP contribution is 2.25. The van der Waals surface area contributed by atoms with Gasteiger partial charge in [0.2, 0.25) is 0 Å². The molecule has 1 aliphatic heterocycles. The van der Waals surface area contributed by atoms with Crippen molar-refractivity contribution < 1.29 is 19.0 Å². The van der Waals surface area contributed by atoms with Crippen LogP contribution in [0.3, 0.4) is 0 Å². The van der Waals surface area contributed by atoms with Gasteiger partial charge in [-0.2, -0.15) is 0 Å². The molecule has 0 radical (unpaired) electrons. The number of carbonyl (C=O) groups excluding carboxylic acids is 1. The summed E-state index contributed by atoms with van der Waals surface area (Å²) >= 11 is 0. The zero-order valence-corrected chi connectivity index (χ0v) is 13.7. The molecule has 1 saturated heterocycles. The average molecular weight is 338 g/mol. The van der Waals surface area contributed by atoms with E-state index in [9.17, 15) is 14.4 Å². The van der Waals surface area contributed by atoms with E-state index in [-0.39, 0.29) is 25.1 Å². The second-order valence-electron chi connectivity index (χ2n) is 6.30. The predicted octanol–water partition coefficient (Wildman–Crippen LogP) is 0.840. The number of nitrogens with one attached hydrogen (secondary N) is 1. The second-order valence-corrected chi connectivity index (χ2v) is 6.30. The molecule has 8 nitrogen and oxygen atoms in total. The van der Waals surface area contributed by atoms with Gasteiger partial charge in [0, 0.05) is 11.8 Å². The fourth-order valence-corrected chi connectivity index (χ4v) is 3.08. The number of aryl methyl sites for hydroxylation is 1. The summed E-state index contributed by atoms with van der Waals surface area (Å²) in [5, 5.41) is 0. The lowest BCUT2D eigenvalue weighted by Crippen LogP contribution is -2.34. The molecule has 0 amide bonds. The van der Waals surface area contributed by atoms with E-state index in [0.29, 0.717) is 5.56 Å². The molecule has 1 saturated carbocycles. The number of nitrogens with zero attached hydrogens (tertiary/aromatic N) is 1. The minimum absolute atomic E-state index is 0.00290. The summed E-state index contributed by atoms with van der Waals surface area (Å²) in [6.07, 6.45) is 5.13. The van der Waals surface area contributed by atoms with Gasteiger partial charge < -0.3 is 14.2 Å². The molecule has 2 heterocycles. The van der Waals surface area contributed by atoms with Crippen LogP contribution >= 0.6 is 0 Å². The Kier molecular flexibility index (Phi) is 5.15. The largest absolute Gasteiger partial charge is 0.460 e. The van der Waals surface area contributed by atoms with Crippen molar-refractivity contribution in [3.05, 3.63) is 32.6 Å². The Labute approximate surface area is 138 Å². The Morgan fingerprint density at radius 2 is 2.08 bits per heavy atom. The van der Waals surface area contributed by atoms with Gasteiger partial charge in [-0.1, -0.05) is 19.3 Å². The van der Waals surface area contributed by atoms with Gasteiger partial charge in [0.15, 0.2) is 12.5 Å². The zero-order valence-electron chi connectivity index (χ0n) is 13.7. The molecule has 1 aromatic rings. The highest BCUT2D eigenvalue weighted by molar-refractivity contribution is 5.72. The smallest absolute Gasteiger partial charge is 0.330 e. The molecule has 1 aromatic heterocycles. The third kappa shape index (κ3) is 3.76. The van der Waals surface area contributed by atoms with Crippen molar-refractivity contribution >= 4 is 5.97 Å². The van der Waals surface area contributed by atoms with Crippen LogP contribution in [0.2, 0.25) is 0 Å². The van der Waals surface area contributed by atoms with Gasteiger partial charge in [0.1, 0.15) is 6.61 Å². The molecule has 1 aliphatic carbocycles. The maximum Gasteiger partial charge on any atom is 0.330 e. The Morgan fingerprint density at radius 3 is 2.83 bits per heavy atom. The van der Waals surface area contributed by atoms with Gasteiger partial charge in [-0.15, -0.1) is 0 Å². The monoisotopic (exact) mass is 338 g/mol. The van der Waals surface area contributed by atoms with E-state index < -0.39 is 23.8 Å². The number of ether oxygens (including phenoxy) is 3. The Balaban J connectivity index is 1.54. The molecule has 2 unspecified atom stereocenters. The lowest BCUT2D eigenvalue weighted by molar-refractivity contribution is -0.164. The number of hydrogen-bond donors (Lipinski definition) is 1. The fraction of sp³-hybridized carbons (Fsp3) is 0.688. The summed E-state index contributed by atoms with van der Waals surface area (Å²) in [5.41, 5.74) is -0.572. The molecule has 3 rings (SSSR count). The number of rotatable bonds is 4. The van der Waals surface area contributed by atoms with Crippen LogP contribution in [0.4, 0.5) is 0 Å². The molecule has 8 heteroatoms. The van der Waals surface area contributed by atoms with Crippen molar-refractivity contribution in [1.29, 1.82) is 0 Å². The number of carbonyl (C=O) groups is 1. The third-order valence-electron chi connectivity index (χ3n) is 4.49. The van der Waals surface area contributed by atoms with E-state index in [4.69, 9.17) is 14.2 Å². The second kappa shape index (κ2) is 7.31. The summed E-state index contributed by atoms with van der Waals surface area (Å²) in [6.45, 7) is 1.76. The summed E-state index contributed by atoms with van der Waals surface area (Å²) in [5.74, 6) is -0.233. The molecule has 2 aliphatic rings. The quantitative estimate of drug-likeness (QED) is 0.817. The van der Waals surface area contributed by atoms with Crippen LogP contribution in [-0.4, -0.2) is 35.0 Å². The van der Waals surface area contributed by atoms with E-state index in [0.717, 1.165) is 25.7 Å². The molecule has 0 bridgehead atoms. The van der Waals surface area contributed by atoms with Gasteiger partial charge in [0.25, 0.3) is 5.56 Å². The van der Waals surface area contributed by atoms with Crippen molar-refractivity contribution in [3.63, 3.8) is 0 Å². The van der Waals surface area contributed by atoms with Crippen LogP contribution in [0.5, 0.6) is 0 Å².